The van der Waals surface area contributed by atoms with E-state index in [0.717, 1.165) is 31.4 Å². The van der Waals surface area contributed by atoms with Crippen molar-refractivity contribution in [1.82, 2.24) is 4.72 Å². The van der Waals surface area contributed by atoms with E-state index in [9.17, 15) is 8.42 Å². The van der Waals surface area contributed by atoms with E-state index in [0.29, 0.717) is 11.4 Å². The van der Waals surface area contributed by atoms with Crippen LogP contribution in [0.1, 0.15) is 37.2 Å². The van der Waals surface area contributed by atoms with Gasteiger partial charge in [0.05, 0.1) is 11.9 Å². The second-order valence-corrected chi connectivity index (χ2v) is 8.17. The van der Waals surface area contributed by atoms with Crippen molar-refractivity contribution < 1.29 is 13.2 Å². The SMILES string of the molecule is O=S(=O)(CC[C@@H]1CCCO1)N[C@H]1C[C@@H]1c1cccc(Cl)c1. The lowest BCUT2D eigenvalue weighted by atomic mass is 10.1. The zero-order chi connectivity index (χ0) is 14.9. The Bertz CT molecular complexity index is 599. The Kier molecular flexibility index (Phi) is 4.54. The second kappa shape index (κ2) is 6.24. The molecule has 3 atom stereocenters. The molecule has 1 aromatic carbocycles. The Morgan fingerprint density at radius 2 is 2.24 bits per heavy atom. The van der Waals surface area contributed by atoms with Gasteiger partial charge in [-0.2, -0.15) is 0 Å². The molecule has 0 aromatic heterocycles. The van der Waals surface area contributed by atoms with Gasteiger partial charge in [-0.25, -0.2) is 13.1 Å². The first-order valence-corrected chi connectivity index (χ1v) is 9.43. The third-order valence-corrected chi connectivity index (χ3v) is 5.80. The molecule has 1 saturated heterocycles. The van der Waals surface area contributed by atoms with Crippen LogP contribution in [0.15, 0.2) is 24.3 Å². The monoisotopic (exact) mass is 329 g/mol. The molecule has 1 N–H and O–H groups in total. The smallest absolute Gasteiger partial charge is 0.211 e. The van der Waals surface area contributed by atoms with Gasteiger partial charge in [0.25, 0.3) is 0 Å². The van der Waals surface area contributed by atoms with Crippen molar-refractivity contribution in [3.63, 3.8) is 0 Å². The molecule has 4 nitrogen and oxygen atoms in total. The van der Waals surface area contributed by atoms with Crippen molar-refractivity contribution in [3.05, 3.63) is 34.9 Å². The molecule has 0 radical (unpaired) electrons. The van der Waals surface area contributed by atoms with Gasteiger partial charge in [0.15, 0.2) is 0 Å². The Morgan fingerprint density at radius 1 is 1.38 bits per heavy atom. The van der Waals surface area contributed by atoms with Gasteiger partial charge >= 0.3 is 0 Å². The van der Waals surface area contributed by atoms with E-state index in [4.69, 9.17) is 16.3 Å². The lowest BCUT2D eigenvalue weighted by Crippen LogP contribution is -2.30. The van der Waals surface area contributed by atoms with E-state index in [1.165, 1.54) is 0 Å². The highest BCUT2D eigenvalue weighted by atomic mass is 35.5. The average molecular weight is 330 g/mol. The van der Waals surface area contributed by atoms with Crippen LogP contribution in [0.3, 0.4) is 0 Å². The average Bonchev–Trinajstić information content (AvgIpc) is 2.99. The Morgan fingerprint density at radius 3 is 2.95 bits per heavy atom. The highest BCUT2D eigenvalue weighted by Gasteiger charge is 2.41. The molecule has 3 rings (SSSR count). The van der Waals surface area contributed by atoms with Crippen molar-refractivity contribution in [1.29, 1.82) is 0 Å². The summed E-state index contributed by atoms with van der Waals surface area (Å²) < 4.78 is 32.4. The number of benzene rings is 1. The fraction of sp³-hybridized carbons (Fsp3) is 0.600. The minimum absolute atomic E-state index is 0.0120. The molecule has 0 unspecified atom stereocenters. The van der Waals surface area contributed by atoms with E-state index >= 15 is 0 Å². The first-order valence-electron chi connectivity index (χ1n) is 7.40. The van der Waals surface area contributed by atoms with Gasteiger partial charge in [0.1, 0.15) is 0 Å². The highest BCUT2D eigenvalue weighted by Crippen LogP contribution is 2.41. The minimum Gasteiger partial charge on any atom is -0.378 e. The van der Waals surface area contributed by atoms with E-state index in [1.54, 1.807) is 0 Å². The van der Waals surface area contributed by atoms with Crippen molar-refractivity contribution in [2.24, 2.45) is 0 Å². The Labute approximate surface area is 130 Å². The molecule has 1 aliphatic carbocycles. The van der Waals surface area contributed by atoms with Crippen molar-refractivity contribution >= 4 is 21.6 Å². The molecule has 0 spiro atoms. The fourth-order valence-corrected chi connectivity index (χ4v) is 4.49. The van der Waals surface area contributed by atoms with Crippen molar-refractivity contribution in [2.75, 3.05) is 12.4 Å². The molecule has 1 aromatic rings. The van der Waals surface area contributed by atoms with Crippen LogP contribution in [0.4, 0.5) is 0 Å². The quantitative estimate of drug-likeness (QED) is 0.873. The number of hydrogen-bond donors (Lipinski definition) is 1. The summed E-state index contributed by atoms with van der Waals surface area (Å²) in [4.78, 5) is 0. The van der Waals surface area contributed by atoms with Gasteiger partial charge in [-0.3, -0.25) is 0 Å². The molecule has 1 heterocycles. The van der Waals surface area contributed by atoms with E-state index in [1.807, 2.05) is 24.3 Å². The maximum atomic E-state index is 12.1. The molecule has 0 bridgehead atoms. The first kappa shape index (κ1) is 15.3. The zero-order valence-corrected chi connectivity index (χ0v) is 13.4. The summed E-state index contributed by atoms with van der Waals surface area (Å²) in [5, 5.41) is 0.694. The first-order chi connectivity index (χ1) is 10.0. The Hall–Kier alpha value is -0.620. The molecule has 21 heavy (non-hydrogen) atoms. The van der Waals surface area contributed by atoms with Crippen molar-refractivity contribution in [3.8, 4) is 0 Å². The third-order valence-electron chi connectivity index (χ3n) is 4.13. The lowest BCUT2D eigenvalue weighted by molar-refractivity contribution is 0.109. The van der Waals surface area contributed by atoms with Gasteiger partial charge in [0.2, 0.25) is 10.0 Å². The molecule has 0 amide bonds. The standard InChI is InChI=1S/C15H20ClNO3S/c16-12-4-1-3-11(9-12)14-10-15(14)17-21(18,19)8-6-13-5-2-7-20-13/h1,3-4,9,13-15,17H,2,5-8,10H2/t13-,14+,15-/m0/s1. The second-order valence-electron chi connectivity index (χ2n) is 5.86. The topological polar surface area (TPSA) is 55.4 Å². The number of sulfonamides is 1. The summed E-state index contributed by atoms with van der Waals surface area (Å²) in [5.74, 6) is 0.400. The molecule has 2 fully saturated rings. The van der Waals surface area contributed by atoms with Gasteiger partial charge < -0.3 is 4.74 Å². The van der Waals surface area contributed by atoms with E-state index < -0.39 is 10.0 Å². The number of halogens is 1. The zero-order valence-electron chi connectivity index (χ0n) is 11.8. The molecule has 2 aliphatic rings. The van der Waals surface area contributed by atoms with Crippen molar-refractivity contribution in [2.45, 2.75) is 43.7 Å². The maximum absolute atomic E-state index is 12.1. The lowest BCUT2D eigenvalue weighted by Gasteiger charge is -2.10. The van der Waals surface area contributed by atoms with E-state index in [2.05, 4.69) is 4.72 Å². The largest absolute Gasteiger partial charge is 0.378 e. The van der Waals surface area contributed by atoms with Gasteiger partial charge in [0, 0.05) is 23.6 Å². The van der Waals surface area contributed by atoms with Crippen LogP contribution in [0, 0.1) is 0 Å². The molecular weight excluding hydrogens is 310 g/mol. The summed E-state index contributed by atoms with van der Waals surface area (Å²) in [7, 11) is -3.22. The normalized spacial score (nSPS) is 28.7. The predicted octanol–water partition coefficient (Wildman–Crippen LogP) is 2.68. The van der Waals surface area contributed by atoms with Crippen LogP contribution in [0.5, 0.6) is 0 Å². The molecule has 6 heteroatoms. The summed E-state index contributed by atoms with van der Waals surface area (Å²) in [6, 6.07) is 7.65. The number of nitrogens with one attached hydrogen (secondary N) is 1. The van der Waals surface area contributed by atoms with Crippen LogP contribution in [0.2, 0.25) is 5.02 Å². The van der Waals surface area contributed by atoms with Crippen LogP contribution in [-0.2, 0) is 14.8 Å². The summed E-state index contributed by atoms with van der Waals surface area (Å²) >= 11 is 5.97. The van der Waals surface area contributed by atoms with Crippen LogP contribution >= 0.6 is 11.6 Å². The summed E-state index contributed by atoms with van der Waals surface area (Å²) in [5.41, 5.74) is 1.11. The summed E-state index contributed by atoms with van der Waals surface area (Å²) in [6.45, 7) is 0.762. The highest BCUT2D eigenvalue weighted by molar-refractivity contribution is 7.89. The van der Waals surface area contributed by atoms with Gasteiger partial charge in [-0.05, 0) is 43.4 Å². The molecular formula is C15H20ClNO3S. The third kappa shape index (κ3) is 4.19. The summed E-state index contributed by atoms with van der Waals surface area (Å²) in [6.07, 6.45) is 3.56. The van der Waals surface area contributed by atoms with Crippen LogP contribution in [-0.4, -0.2) is 32.9 Å². The Balaban J connectivity index is 1.50. The minimum atomic E-state index is -3.22. The van der Waals surface area contributed by atoms with Crippen LogP contribution < -0.4 is 4.72 Å². The van der Waals surface area contributed by atoms with Gasteiger partial charge in [-0.15, -0.1) is 0 Å². The molecule has 1 saturated carbocycles. The number of rotatable bonds is 6. The number of ether oxygens (including phenoxy) is 1. The number of hydrogen-bond acceptors (Lipinski definition) is 3. The van der Waals surface area contributed by atoms with E-state index in [-0.39, 0.29) is 23.8 Å². The fourth-order valence-electron chi connectivity index (χ4n) is 2.88. The molecule has 1 aliphatic heterocycles. The molecule has 116 valence electrons. The van der Waals surface area contributed by atoms with Gasteiger partial charge in [-0.1, -0.05) is 23.7 Å². The predicted molar refractivity (Wildman–Crippen MR) is 83.1 cm³/mol. The maximum Gasteiger partial charge on any atom is 0.211 e. The van der Waals surface area contributed by atoms with Crippen LogP contribution in [0.25, 0.3) is 0 Å².